The third-order valence-corrected chi connectivity index (χ3v) is 22.4. The van der Waals surface area contributed by atoms with Gasteiger partial charge >= 0.3 is 9.28 Å². The Balaban J connectivity index is 5.24. The highest BCUT2D eigenvalue weighted by Crippen LogP contribution is 2.46. The standard InChI is InChI=1S/C18H45NO2Si3/c1-17(2,3)23(9,10)19(24(11,12)18(4,5)6)15-13-14-16-22(20-7)21-8/h22H,13-16H2,1-12H3. The Morgan fingerprint density at radius 2 is 1.12 bits per heavy atom. The van der Waals surface area contributed by atoms with Gasteiger partial charge in [-0.2, -0.15) is 0 Å². The third-order valence-electron chi connectivity index (χ3n) is 6.62. The Labute approximate surface area is 156 Å². The van der Waals surface area contributed by atoms with Crippen LogP contribution in [0.1, 0.15) is 54.4 Å². The second-order valence-corrected chi connectivity index (χ2v) is 23.3. The van der Waals surface area contributed by atoms with Crippen molar-refractivity contribution < 1.29 is 8.85 Å². The predicted molar refractivity (Wildman–Crippen MR) is 116 cm³/mol. The number of nitrogens with zero attached hydrogens (tertiary/aromatic N) is 1. The van der Waals surface area contributed by atoms with Crippen LogP contribution in [-0.2, 0) is 8.85 Å². The summed E-state index contributed by atoms with van der Waals surface area (Å²) < 4.78 is 14.0. The summed E-state index contributed by atoms with van der Waals surface area (Å²) in [5.41, 5.74) is 0. The lowest BCUT2D eigenvalue weighted by molar-refractivity contribution is 0.276. The van der Waals surface area contributed by atoms with E-state index in [0.29, 0.717) is 10.1 Å². The van der Waals surface area contributed by atoms with Gasteiger partial charge in [0.1, 0.15) is 16.5 Å². The molecular weight excluding hydrogens is 346 g/mol. The van der Waals surface area contributed by atoms with Crippen molar-refractivity contribution in [1.29, 1.82) is 0 Å². The predicted octanol–water partition coefficient (Wildman–Crippen LogP) is 5.59. The van der Waals surface area contributed by atoms with Gasteiger partial charge in [0.15, 0.2) is 0 Å². The van der Waals surface area contributed by atoms with Gasteiger partial charge in [0.25, 0.3) is 0 Å². The first-order valence-corrected chi connectivity index (χ1v) is 17.1. The largest absolute Gasteiger partial charge is 0.400 e. The van der Waals surface area contributed by atoms with E-state index in [-0.39, 0.29) is 0 Å². The summed E-state index contributed by atoms with van der Waals surface area (Å²) in [6, 6.07) is 1.12. The van der Waals surface area contributed by atoms with Gasteiger partial charge in [-0.1, -0.05) is 74.2 Å². The number of unbranched alkanes of at least 4 members (excludes halogenated alkanes) is 1. The van der Waals surface area contributed by atoms with E-state index < -0.39 is 25.8 Å². The van der Waals surface area contributed by atoms with E-state index in [1.54, 1.807) is 14.2 Å². The highest BCUT2D eigenvalue weighted by atomic mass is 28.4. The zero-order chi connectivity index (χ0) is 19.4. The summed E-state index contributed by atoms with van der Waals surface area (Å²) >= 11 is 0. The molecule has 0 fully saturated rings. The molecule has 146 valence electrons. The number of rotatable bonds is 9. The molecule has 0 radical (unpaired) electrons. The van der Waals surface area contributed by atoms with Crippen molar-refractivity contribution >= 4 is 25.8 Å². The number of hydrogen-bond donors (Lipinski definition) is 0. The minimum Gasteiger partial charge on any atom is -0.400 e. The molecule has 3 nitrogen and oxygen atoms in total. The van der Waals surface area contributed by atoms with E-state index in [4.69, 9.17) is 8.85 Å². The zero-order valence-electron chi connectivity index (χ0n) is 18.7. The molecule has 0 saturated carbocycles. The molecule has 0 aromatic heterocycles. The lowest BCUT2D eigenvalue weighted by Crippen LogP contribution is -2.68. The monoisotopic (exact) mass is 391 g/mol. The van der Waals surface area contributed by atoms with Gasteiger partial charge in [-0.3, -0.25) is 0 Å². The maximum Gasteiger partial charge on any atom is 0.320 e. The molecule has 0 heterocycles. The lowest BCUT2D eigenvalue weighted by atomic mass is 10.2. The quantitative estimate of drug-likeness (QED) is 0.377. The van der Waals surface area contributed by atoms with Gasteiger partial charge in [-0.25, -0.2) is 0 Å². The Morgan fingerprint density at radius 3 is 1.42 bits per heavy atom. The summed E-state index contributed by atoms with van der Waals surface area (Å²) in [6.45, 7) is 26.2. The molecule has 0 spiro atoms. The summed E-state index contributed by atoms with van der Waals surface area (Å²) in [4.78, 5) is 0. The van der Waals surface area contributed by atoms with Crippen LogP contribution in [0, 0.1) is 0 Å². The van der Waals surface area contributed by atoms with E-state index in [1.165, 1.54) is 19.4 Å². The molecule has 24 heavy (non-hydrogen) atoms. The maximum absolute atomic E-state index is 5.47. The molecule has 6 heteroatoms. The van der Waals surface area contributed by atoms with E-state index >= 15 is 0 Å². The van der Waals surface area contributed by atoms with Crippen LogP contribution in [-0.4, -0.2) is 50.8 Å². The van der Waals surface area contributed by atoms with E-state index in [1.807, 2.05) is 0 Å². The Bertz CT molecular complexity index is 343. The Kier molecular flexibility index (Phi) is 9.15. The molecule has 0 rings (SSSR count). The molecule has 0 unspecified atom stereocenters. The minimum atomic E-state index is -1.53. The normalized spacial score (nSPS) is 14.8. The van der Waals surface area contributed by atoms with Crippen molar-refractivity contribution in [3.8, 4) is 0 Å². The summed E-state index contributed by atoms with van der Waals surface area (Å²) in [6.07, 6.45) is 2.48. The van der Waals surface area contributed by atoms with Gasteiger partial charge in [0.2, 0.25) is 0 Å². The summed E-state index contributed by atoms with van der Waals surface area (Å²) in [5, 5.41) is 0.776. The van der Waals surface area contributed by atoms with Gasteiger partial charge in [0.05, 0.1) is 0 Å². The van der Waals surface area contributed by atoms with Crippen LogP contribution in [0.5, 0.6) is 0 Å². The summed E-state index contributed by atoms with van der Waals surface area (Å²) in [7, 11) is -0.882. The third kappa shape index (κ3) is 6.06. The van der Waals surface area contributed by atoms with Gasteiger partial charge in [0, 0.05) is 14.2 Å². The average Bonchev–Trinajstić information content (AvgIpc) is 2.39. The van der Waals surface area contributed by atoms with Crippen LogP contribution >= 0.6 is 0 Å². The van der Waals surface area contributed by atoms with Crippen molar-refractivity contribution in [3.05, 3.63) is 0 Å². The second kappa shape index (κ2) is 8.95. The van der Waals surface area contributed by atoms with E-state index in [2.05, 4.69) is 72.0 Å². The Morgan fingerprint density at radius 1 is 0.750 bits per heavy atom. The van der Waals surface area contributed by atoms with Gasteiger partial charge < -0.3 is 13.1 Å². The topological polar surface area (TPSA) is 21.7 Å². The fraction of sp³-hybridized carbons (Fsp3) is 1.00. The van der Waals surface area contributed by atoms with Crippen LogP contribution < -0.4 is 0 Å². The smallest absolute Gasteiger partial charge is 0.320 e. The van der Waals surface area contributed by atoms with E-state index in [9.17, 15) is 0 Å². The van der Waals surface area contributed by atoms with Crippen LogP contribution in [0.25, 0.3) is 0 Å². The molecule has 0 aliphatic rings. The highest BCUT2D eigenvalue weighted by Gasteiger charge is 2.51. The summed E-state index contributed by atoms with van der Waals surface area (Å²) in [5.74, 6) is 0. The van der Waals surface area contributed by atoms with Crippen molar-refractivity contribution in [2.75, 3.05) is 20.8 Å². The highest BCUT2D eigenvalue weighted by molar-refractivity contribution is 6.93. The van der Waals surface area contributed by atoms with Crippen LogP contribution in [0.2, 0.25) is 42.3 Å². The fourth-order valence-electron chi connectivity index (χ4n) is 2.98. The second-order valence-electron chi connectivity index (χ2n) is 10.2. The maximum atomic E-state index is 5.47. The molecule has 0 bridgehead atoms. The first-order valence-electron chi connectivity index (χ1n) is 9.46. The molecule has 0 N–H and O–H groups in total. The van der Waals surface area contributed by atoms with Crippen molar-refractivity contribution in [1.82, 2.24) is 4.23 Å². The van der Waals surface area contributed by atoms with Gasteiger partial charge in [-0.15, -0.1) is 0 Å². The lowest BCUT2D eigenvalue weighted by Gasteiger charge is -2.57. The van der Waals surface area contributed by atoms with Crippen molar-refractivity contribution in [2.45, 2.75) is 96.7 Å². The molecule has 0 amide bonds. The van der Waals surface area contributed by atoms with Crippen LogP contribution in [0.15, 0.2) is 0 Å². The van der Waals surface area contributed by atoms with Crippen LogP contribution in [0.3, 0.4) is 0 Å². The fourth-order valence-corrected chi connectivity index (χ4v) is 14.9. The SMILES string of the molecule is CO[SiH](CCCCN([Si](C)(C)C(C)(C)C)[Si](C)(C)C(C)(C)C)OC. The van der Waals surface area contributed by atoms with Crippen molar-refractivity contribution in [3.63, 3.8) is 0 Å². The molecule has 0 aliphatic heterocycles. The first kappa shape index (κ1) is 24.5. The Hall–Kier alpha value is 0.531. The average molecular weight is 392 g/mol. The molecule has 0 aliphatic carbocycles. The first-order chi connectivity index (χ1) is 10.6. The van der Waals surface area contributed by atoms with E-state index in [0.717, 1.165) is 6.04 Å². The number of hydrogen-bond acceptors (Lipinski definition) is 3. The zero-order valence-corrected chi connectivity index (χ0v) is 21.8. The van der Waals surface area contributed by atoms with Crippen molar-refractivity contribution in [2.24, 2.45) is 0 Å². The molecule has 0 aromatic rings. The minimum absolute atomic E-state index is 0.388. The van der Waals surface area contributed by atoms with Gasteiger partial charge in [-0.05, 0) is 29.1 Å². The molecule has 0 atom stereocenters. The van der Waals surface area contributed by atoms with Crippen LogP contribution in [0.4, 0.5) is 0 Å². The molecule has 0 aromatic carbocycles. The molecule has 0 saturated heterocycles. The molecular formula is C18H45NO2Si3.